The SMILES string of the molecule is N#CC(C#N)=CNc1c(Cl)cc([N+](=O)[O-])cc1Cl. The molecule has 0 atom stereocenters. The number of anilines is 1. The van der Waals surface area contributed by atoms with Crippen LogP contribution in [0.4, 0.5) is 11.4 Å². The minimum absolute atomic E-state index is 0.0145. The first-order valence-corrected chi connectivity index (χ1v) is 5.15. The normalized spacial score (nSPS) is 8.89. The van der Waals surface area contributed by atoms with Gasteiger partial charge in [0.25, 0.3) is 5.69 Å². The van der Waals surface area contributed by atoms with Crippen molar-refractivity contribution in [3.05, 3.63) is 44.1 Å². The van der Waals surface area contributed by atoms with Gasteiger partial charge in [-0.1, -0.05) is 23.2 Å². The Morgan fingerprint density at radius 2 is 1.83 bits per heavy atom. The predicted octanol–water partition coefficient (Wildman–Crippen LogP) is 3.24. The zero-order valence-corrected chi connectivity index (χ0v) is 10.2. The van der Waals surface area contributed by atoms with Crippen LogP contribution < -0.4 is 5.32 Å². The molecule has 0 saturated carbocycles. The number of allylic oxidation sites excluding steroid dienone is 1. The molecule has 0 fully saturated rings. The lowest BCUT2D eigenvalue weighted by Gasteiger charge is -2.06. The summed E-state index contributed by atoms with van der Waals surface area (Å²) in [6, 6.07) is 5.49. The number of non-ortho nitro benzene ring substituents is 1. The van der Waals surface area contributed by atoms with Crippen molar-refractivity contribution in [1.82, 2.24) is 0 Å². The second-order valence-electron chi connectivity index (χ2n) is 2.97. The standard InChI is InChI=1S/C10H4Cl2N4O2/c11-8-1-7(16(17)18)2-9(12)10(8)15-5-6(3-13)4-14/h1-2,5,15H. The monoisotopic (exact) mass is 282 g/mol. The molecular formula is C10H4Cl2N4O2. The smallest absolute Gasteiger partial charge is 0.272 e. The van der Waals surface area contributed by atoms with Crippen molar-refractivity contribution in [2.45, 2.75) is 0 Å². The van der Waals surface area contributed by atoms with Crippen LogP contribution in [0.3, 0.4) is 0 Å². The van der Waals surface area contributed by atoms with Crippen molar-refractivity contribution in [2.75, 3.05) is 5.32 Å². The van der Waals surface area contributed by atoms with Gasteiger partial charge in [-0.05, 0) is 0 Å². The van der Waals surface area contributed by atoms with Crippen LogP contribution in [-0.4, -0.2) is 4.92 Å². The van der Waals surface area contributed by atoms with Crippen LogP contribution in [0.5, 0.6) is 0 Å². The summed E-state index contributed by atoms with van der Waals surface area (Å²) in [5, 5.41) is 30.2. The quantitative estimate of drug-likeness (QED) is 0.521. The van der Waals surface area contributed by atoms with Crippen molar-refractivity contribution < 1.29 is 4.92 Å². The van der Waals surface area contributed by atoms with Gasteiger partial charge in [-0.3, -0.25) is 10.1 Å². The Labute approximate surface area is 112 Å². The molecule has 6 nitrogen and oxygen atoms in total. The van der Waals surface area contributed by atoms with E-state index in [-0.39, 0.29) is 27.0 Å². The van der Waals surface area contributed by atoms with Crippen LogP contribution in [-0.2, 0) is 0 Å². The second kappa shape index (κ2) is 5.87. The molecule has 0 unspecified atom stereocenters. The molecule has 0 heterocycles. The number of rotatable bonds is 3. The van der Waals surface area contributed by atoms with E-state index < -0.39 is 4.92 Å². The number of nitrogens with one attached hydrogen (secondary N) is 1. The Balaban J connectivity index is 3.14. The fraction of sp³-hybridized carbons (Fsp3) is 0. The number of benzene rings is 1. The van der Waals surface area contributed by atoms with Crippen molar-refractivity contribution in [1.29, 1.82) is 10.5 Å². The van der Waals surface area contributed by atoms with Gasteiger partial charge in [0.15, 0.2) is 0 Å². The van der Waals surface area contributed by atoms with Crippen LogP contribution in [0.1, 0.15) is 0 Å². The molecule has 0 aliphatic rings. The van der Waals surface area contributed by atoms with E-state index in [1.807, 2.05) is 0 Å². The van der Waals surface area contributed by atoms with Crippen LogP contribution in [0.25, 0.3) is 0 Å². The number of nitriles is 2. The summed E-state index contributed by atoms with van der Waals surface area (Å²) in [5.41, 5.74) is -0.243. The molecule has 18 heavy (non-hydrogen) atoms. The zero-order valence-electron chi connectivity index (χ0n) is 8.65. The van der Waals surface area contributed by atoms with Crippen LogP contribution >= 0.6 is 23.2 Å². The highest BCUT2D eigenvalue weighted by Crippen LogP contribution is 2.34. The summed E-state index contributed by atoms with van der Waals surface area (Å²) in [5.74, 6) is 0. The average Bonchev–Trinajstić information content (AvgIpc) is 2.32. The first-order valence-electron chi connectivity index (χ1n) is 4.40. The van der Waals surface area contributed by atoms with Gasteiger partial charge in [0.1, 0.15) is 17.7 Å². The summed E-state index contributed by atoms with van der Waals surface area (Å²) in [4.78, 5) is 9.91. The number of hydrogen-bond acceptors (Lipinski definition) is 5. The molecule has 0 aliphatic carbocycles. The maximum atomic E-state index is 10.5. The summed E-state index contributed by atoms with van der Waals surface area (Å²) in [6.45, 7) is 0. The van der Waals surface area contributed by atoms with Gasteiger partial charge >= 0.3 is 0 Å². The van der Waals surface area contributed by atoms with Gasteiger partial charge in [0.05, 0.1) is 20.7 Å². The third-order valence-corrected chi connectivity index (χ3v) is 2.44. The van der Waals surface area contributed by atoms with E-state index >= 15 is 0 Å². The van der Waals surface area contributed by atoms with Crippen LogP contribution in [0.15, 0.2) is 23.9 Å². The molecule has 1 N–H and O–H groups in total. The van der Waals surface area contributed by atoms with E-state index in [0.29, 0.717) is 0 Å². The summed E-state index contributed by atoms with van der Waals surface area (Å²) in [6.07, 6.45) is 1.11. The molecule has 8 heteroatoms. The van der Waals surface area contributed by atoms with E-state index in [0.717, 1.165) is 18.3 Å². The first-order chi connectivity index (χ1) is 8.49. The lowest BCUT2D eigenvalue weighted by Crippen LogP contribution is -1.94. The molecule has 1 aromatic rings. The fourth-order valence-electron chi connectivity index (χ4n) is 1.04. The van der Waals surface area contributed by atoms with Crippen molar-refractivity contribution >= 4 is 34.6 Å². The summed E-state index contributed by atoms with van der Waals surface area (Å²) < 4.78 is 0. The molecule has 1 rings (SSSR count). The molecule has 0 amide bonds. The predicted molar refractivity (Wildman–Crippen MR) is 66.0 cm³/mol. The highest BCUT2D eigenvalue weighted by atomic mass is 35.5. The summed E-state index contributed by atoms with van der Waals surface area (Å²) in [7, 11) is 0. The minimum Gasteiger partial charge on any atom is -0.357 e. The Morgan fingerprint density at radius 3 is 2.22 bits per heavy atom. The third kappa shape index (κ3) is 3.11. The number of hydrogen-bond donors (Lipinski definition) is 1. The molecule has 1 aromatic carbocycles. The second-order valence-corrected chi connectivity index (χ2v) is 3.78. The topological polar surface area (TPSA) is 103 Å². The van der Waals surface area contributed by atoms with E-state index in [1.54, 1.807) is 12.1 Å². The van der Waals surface area contributed by atoms with Gasteiger partial charge < -0.3 is 5.32 Å². The van der Waals surface area contributed by atoms with Gasteiger partial charge in [0.2, 0.25) is 0 Å². The highest BCUT2D eigenvalue weighted by Gasteiger charge is 2.13. The zero-order chi connectivity index (χ0) is 13.7. The average molecular weight is 283 g/mol. The van der Waals surface area contributed by atoms with Crippen molar-refractivity contribution in [3.63, 3.8) is 0 Å². The molecule has 0 spiro atoms. The van der Waals surface area contributed by atoms with Gasteiger partial charge in [0, 0.05) is 18.3 Å². The Morgan fingerprint density at radius 1 is 1.33 bits per heavy atom. The van der Waals surface area contributed by atoms with Gasteiger partial charge in [-0.25, -0.2) is 0 Å². The Hall–Kier alpha value is -2.28. The van der Waals surface area contributed by atoms with Gasteiger partial charge in [-0.15, -0.1) is 0 Å². The number of nitro groups is 1. The first kappa shape index (κ1) is 13.8. The van der Waals surface area contributed by atoms with E-state index in [9.17, 15) is 10.1 Å². The van der Waals surface area contributed by atoms with E-state index in [4.69, 9.17) is 33.7 Å². The molecule has 0 aromatic heterocycles. The Kier molecular flexibility index (Phi) is 4.50. The highest BCUT2D eigenvalue weighted by molar-refractivity contribution is 6.39. The molecular weight excluding hydrogens is 279 g/mol. The molecule has 0 bridgehead atoms. The minimum atomic E-state index is -0.632. The summed E-state index contributed by atoms with van der Waals surface area (Å²) >= 11 is 11.6. The van der Waals surface area contributed by atoms with Crippen LogP contribution in [0, 0.1) is 32.8 Å². The number of nitro benzene ring substituents is 1. The van der Waals surface area contributed by atoms with Crippen molar-refractivity contribution in [3.8, 4) is 12.1 Å². The van der Waals surface area contributed by atoms with E-state index in [1.165, 1.54) is 0 Å². The number of nitrogens with zero attached hydrogens (tertiary/aromatic N) is 3. The van der Waals surface area contributed by atoms with Gasteiger partial charge in [-0.2, -0.15) is 10.5 Å². The maximum Gasteiger partial charge on any atom is 0.272 e. The van der Waals surface area contributed by atoms with Crippen LogP contribution in [0.2, 0.25) is 10.0 Å². The molecule has 0 saturated heterocycles. The third-order valence-electron chi connectivity index (χ3n) is 1.84. The largest absolute Gasteiger partial charge is 0.357 e. The Bertz CT molecular complexity index is 574. The molecule has 0 radical (unpaired) electrons. The number of halogens is 2. The lowest BCUT2D eigenvalue weighted by atomic mass is 10.2. The maximum absolute atomic E-state index is 10.5. The van der Waals surface area contributed by atoms with E-state index in [2.05, 4.69) is 5.32 Å². The van der Waals surface area contributed by atoms with Crippen molar-refractivity contribution in [2.24, 2.45) is 0 Å². The fourth-order valence-corrected chi connectivity index (χ4v) is 1.62. The molecule has 90 valence electrons. The molecule has 0 aliphatic heterocycles. The lowest BCUT2D eigenvalue weighted by molar-refractivity contribution is -0.384.